The molecule has 2 N–H and O–H groups in total. The first-order chi connectivity index (χ1) is 15.9. The number of nitrogens with zero attached hydrogens (tertiary/aromatic N) is 3. The molecule has 1 atom stereocenters. The van der Waals surface area contributed by atoms with Gasteiger partial charge in [0.25, 0.3) is 5.91 Å². The Bertz CT molecular complexity index is 1190. The van der Waals surface area contributed by atoms with Crippen LogP contribution in [0, 0.1) is 18.6 Å². The Balaban J connectivity index is 1.60. The first-order valence-electron chi connectivity index (χ1n) is 11.1. The molecule has 2 aliphatic heterocycles. The average molecular weight is 450 g/mol. The zero-order valence-corrected chi connectivity index (χ0v) is 18.4. The second-order valence-electron chi connectivity index (χ2n) is 8.87. The fraction of sp³-hybridized carbons (Fsp3) is 0.320. The summed E-state index contributed by atoms with van der Waals surface area (Å²) in [5.41, 5.74) is 3.36. The molecule has 2 saturated heterocycles. The fourth-order valence-corrected chi connectivity index (χ4v) is 4.95. The number of aromatic nitrogens is 2. The van der Waals surface area contributed by atoms with E-state index in [-0.39, 0.29) is 11.4 Å². The van der Waals surface area contributed by atoms with Gasteiger partial charge in [0, 0.05) is 48.8 Å². The van der Waals surface area contributed by atoms with Gasteiger partial charge in [0.05, 0.1) is 23.1 Å². The molecular formula is C25H25F2N5O. The topological polar surface area (TPSA) is 70.2 Å². The van der Waals surface area contributed by atoms with E-state index in [2.05, 4.69) is 25.5 Å². The highest BCUT2D eigenvalue weighted by Crippen LogP contribution is 2.40. The Hall–Kier alpha value is -3.39. The minimum Gasteiger partial charge on any atom is -0.368 e. The summed E-state index contributed by atoms with van der Waals surface area (Å²) in [5.74, 6) is -1.69. The normalized spacial score (nSPS) is 19.9. The lowest BCUT2D eigenvalue weighted by molar-refractivity contribution is 0.102. The number of carbonyl (C=O) groups excluding carboxylic acids is 1. The number of amides is 1. The van der Waals surface area contributed by atoms with Crippen molar-refractivity contribution in [3.05, 3.63) is 71.8 Å². The van der Waals surface area contributed by atoms with Crippen LogP contribution < -0.4 is 15.5 Å². The summed E-state index contributed by atoms with van der Waals surface area (Å²) >= 11 is 0. The van der Waals surface area contributed by atoms with Gasteiger partial charge in [-0.05, 0) is 62.1 Å². The molecule has 1 spiro atoms. The average Bonchev–Trinajstić information content (AvgIpc) is 3.43. The van der Waals surface area contributed by atoms with E-state index in [0.717, 1.165) is 44.0 Å². The third-order valence-corrected chi connectivity index (χ3v) is 6.63. The van der Waals surface area contributed by atoms with Crippen LogP contribution in [0.15, 0.2) is 49.1 Å². The molecule has 2 fully saturated rings. The van der Waals surface area contributed by atoms with E-state index >= 15 is 0 Å². The summed E-state index contributed by atoms with van der Waals surface area (Å²) in [4.78, 5) is 23.9. The van der Waals surface area contributed by atoms with Crippen molar-refractivity contribution in [1.82, 2.24) is 15.3 Å². The number of hydrogen-bond donors (Lipinski definition) is 2. The van der Waals surface area contributed by atoms with Crippen LogP contribution in [-0.4, -0.2) is 41.0 Å². The molecule has 2 aliphatic rings. The highest BCUT2D eigenvalue weighted by atomic mass is 19.1. The summed E-state index contributed by atoms with van der Waals surface area (Å²) < 4.78 is 28.2. The Morgan fingerprint density at radius 2 is 1.94 bits per heavy atom. The van der Waals surface area contributed by atoms with Crippen LogP contribution in [0.2, 0.25) is 0 Å². The molecule has 1 aromatic carbocycles. The number of nitrogens with one attached hydrogen (secondary N) is 2. The first-order valence-corrected chi connectivity index (χ1v) is 11.1. The van der Waals surface area contributed by atoms with Gasteiger partial charge in [-0.3, -0.25) is 14.8 Å². The van der Waals surface area contributed by atoms with Crippen molar-refractivity contribution >= 4 is 17.3 Å². The number of anilines is 2. The van der Waals surface area contributed by atoms with E-state index in [9.17, 15) is 13.6 Å². The Kier molecular flexibility index (Phi) is 5.54. The molecule has 170 valence electrons. The van der Waals surface area contributed by atoms with Gasteiger partial charge in [0.1, 0.15) is 11.6 Å². The molecule has 4 heterocycles. The van der Waals surface area contributed by atoms with Crippen molar-refractivity contribution in [2.75, 3.05) is 29.9 Å². The summed E-state index contributed by atoms with van der Waals surface area (Å²) in [6.07, 6.45) is 9.46. The maximum atomic E-state index is 14.1. The van der Waals surface area contributed by atoms with Crippen molar-refractivity contribution in [2.24, 2.45) is 0 Å². The minimum atomic E-state index is -0.674. The smallest absolute Gasteiger partial charge is 0.259 e. The van der Waals surface area contributed by atoms with Crippen LogP contribution in [-0.2, 0) is 0 Å². The molecule has 0 radical (unpaired) electrons. The van der Waals surface area contributed by atoms with E-state index in [1.165, 1.54) is 18.3 Å². The molecule has 5 rings (SSSR count). The number of rotatable bonds is 4. The van der Waals surface area contributed by atoms with Crippen molar-refractivity contribution in [2.45, 2.75) is 31.7 Å². The number of hydrogen-bond acceptors (Lipinski definition) is 5. The lowest BCUT2D eigenvalue weighted by Gasteiger charge is -2.28. The van der Waals surface area contributed by atoms with Crippen LogP contribution in [0.1, 0.15) is 35.2 Å². The number of benzene rings is 1. The van der Waals surface area contributed by atoms with E-state index < -0.39 is 11.6 Å². The SMILES string of the molecule is Cc1ccncc1NC(=O)c1cncc(-c2cc(F)cc(F)c2)c1N1CCC2(CCCN2)C1. The molecule has 1 amide bonds. The maximum absolute atomic E-state index is 14.1. The third-order valence-electron chi connectivity index (χ3n) is 6.63. The highest BCUT2D eigenvalue weighted by molar-refractivity contribution is 6.10. The zero-order valence-electron chi connectivity index (χ0n) is 18.4. The van der Waals surface area contributed by atoms with Gasteiger partial charge in [0.2, 0.25) is 0 Å². The predicted octanol–water partition coefficient (Wildman–Crippen LogP) is 4.31. The molecule has 1 unspecified atom stereocenters. The third kappa shape index (κ3) is 4.18. The monoisotopic (exact) mass is 449 g/mol. The standard InChI is InChI=1S/C25H25F2N5O/c1-16-3-7-28-14-22(16)31-24(33)21-13-29-12-20(17-9-18(26)11-19(27)10-17)23(21)32-8-5-25(15-32)4-2-6-30-25/h3,7,9-14,30H,2,4-6,8,15H2,1H3,(H,31,33). The molecule has 2 aromatic heterocycles. The minimum absolute atomic E-state index is 0.00140. The van der Waals surface area contributed by atoms with Gasteiger partial charge in [-0.25, -0.2) is 8.78 Å². The van der Waals surface area contributed by atoms with E-state index in [1.807, 2.05) is 13.0 Å². The summed E-state index contributed by atoms with van der Waals surface area (Å²) in [7, 11) is 0. The molecule has 6 nitrogen and oxygen atoms in total. The molecular weight excluding hydrogens is 424 g/mol. The van der Waals surface area contributed by atoms with Gasteiger partial charge in [-0.1, -0.05) is 0 Å². The van der Waals surface area contributed by atoms with Gasteiger partial charge in [-0.15, -0.1) is 0 Å². The van der Waals surface area contributed by atoms with Gasteiger partial charge in [0.15, 0.2) is 0 Å². The van der Waals surface area contributed by atoms with Crippen LogP contribution in [0.25, 0.3) is 11.1 Å². The number of pyridine rings is 2. The second-order valence-corrected chi connectivity index (χ2v) is 8.87. The maximum Gasteiger partial charge on any atom is 0.259 e. The second kappa shape index (κ2) is 8.51. The fourth-order valence-electron chi connectivity index (χ4n) is 4.95. The Morgan fingerprint density at radius 3 is 2.67 bits per heavy atom. The van der Waals surface area contributed by atoms with Crippen molar-refractivity contribution in [1.29, 1.82) is 0 Å². The molecule has 0 bridgehead atoms. The van der Waals surface area contributed by atoms with Crippen LogP contribution in [0.3, 0.4) is 0 Å². The van der Waals surface area contributed by atoms with Gasteiger partial charge in [-0.2, -0.15) is 0 Å². The van der Waals surface area contributed by atoms with Crippen LogP contribution in [0.5, 0.6) is 0 Å². The summed E-state index contributed by atoms with van der Waals surface area (Å²) in [5, 5.41) is 6.54. The summed E-state index contributed by atoms with van der Waals surface area (Å²) in [6.45, 7) is 4.31. The lowest BCUT2D eigenvalue weighted by atomic mass is 9.96. The predicted molar refractivity (Wildman–Crippen MR) is 123 cm³/mol. The van der Waals surface area contributed by atoms with Gasteiger partial charge >= 0.3 is 0 Å². The molecule has 0 aliphatic carbocycles. The molecule has 0 saturated carbocycles. The van der Waals surface area contributed by atoms with Crippen LogP contribution in [0.4, 0.5) is 20.2 Å². The quantitative estimate of drug-likeness (QED) is 0.621. The first kappa shape index (κ1) is 21.5. The molecule has 8 heteroatoms. The Morgan fingerprint density at radius 1 is 1.12 bits per heavy atom. The number of halogens is 2. The summed E-state index contributed by atoms with van der Waals surface area (Å²) in [6, 6.07) is 5.20. The van der Waals surface area contributed by atoms with Crippen LogP contribution >= 0.6 is 0 Å². The number of aryl methyl sites for hydroxylation is 1. The van der Waals surface area contributed by atoms with E-state index in [4.69, 9.17) is 0 Å². The van der Waals surface area contributed by atoms with Crippen molar-refractivity contribution < 1.29 is 13.6 Å². The lowest BCUT2D eigenvalue weighted by Crippen LogP contribution is -2.42. The van der Waals surface area contributed by atoms with E-state index in [0.29, 0.717) is 34.6 Å². The zero-order chi connectivity index (χ0) is 23.0. The molecule has 33 heavy (non-hydrogen) atoms. The van der Waals surface area contributed by atoms with E-state index in [1.54, 1.807) is 18.6 Å². The van der Waals surface area contributed by atoms with Gasteiger partial charge < -0.3 is 15.5 Å². The molecule has 3 aromatic rings. The van der Waals surface area contributed by atoms with Crippen molar-refractivity contribution in [3.8, 4) is 11.1 Å². The number of carbonyl (C=O) groups is 1. The van der Waals surface area contributed by atoms with Crippen molar-refractivity contribution in [3.63, 3.8) is 0 Å². The Labute approximate surface area is 191 Å². The highest BCUT2D eigenvalue weighted by Gasteiger charge is 2.41. The largest absolute Gasteiger partial charge is 0.368 e.